The predicted molar refractivity (Wildman–Crippen MR) is 89.1 cm³/mol. The van der Waals surface area contributed by atoms with E-state index in [0.717, 1.165) is 12.0 Å². The Kier molecular flexibility index (Phi) is 3.83. The summed E-state index contributed by atoms with van der Waals surface area (Å²) in [7, 11) is 3.45. The third-order valence-corrected chi connectivity index (χ3v) is 5.68. The van der Waals surface area contributed by atoms with Crippen molar-refractivity contribution in [3.63, 3.8) is 0 Å². The first-order valence-corrected chi connectivity index (χ1v) is 8.75. The van der Waals surface area contributed by atoms with Crippen LogP contribution in [0.2, 0.25) is 0 Å². The van der Waals surface area contributed by atoms with Crippen molar-refractivity contribution in [1.29, 1.82) is 0 Å². The molecule has 1 saturated carbocycles. The summed E-state index contributed by atoms with van der Waals surface area (Å²) in [5, 5.41) is 3.00. The second-order valence-electron chi connectivity index (χ2n) is 7.53. The number of fused-ring (bicyclic) bond motifs is 5. The number of ether oxygens (including phenoxy) is 1. The van der Waals surface area contributed by atoms with Gasteiger partial charge in [-0.05, 0) is 30.2 Å². The molecule has 0 spiro atoms. The fourth-order valence-corrected chi connectivity index (χ4v) is 4.35. The zero-order valence-electron chi connectivity index (χ0n) is 14.1. The summed E-state index contributed by atoms with van der Waals surface area (Å²) in [6.07, 6.45) is 2.88. The van der Waals surface area contributed by atoms with E-state index in [1.54, 1.807) is 19.0 Å². The first kappa shape index (κ1) is 15.6. The lowest BCUT2D eigenvalue weighted by Gasteiger charge is -2.25. The average Bonchev–Trinajstić information content (AvgIpc) is 3.18. The van der Waals surface area contributed by atoms with Crippen molar-refractivity contribution in [3.8, 4) is 0 Å². The molecule has 2 amide bonds. The van der Waals surface area contributed by atoms with Crippen molar-refractivity contribution < 1.29 is 14.3 Å². The van der Waals surface area contributed by atoms with Crippen LogP contribution >= 0.6 is 0 Å². The Labute approximate surface area is 142 Å². The van der Waals surface area contributed by atoms with Crippen molar-refractivity contribution in [2.75, 3.05) is 14.1 Å². The van der Waals surface area contributed by atoms with Crippen LogP contribution in [0.3, 0.4) is 0 Å². The van der Waals surface area contributed by atoms with Crippen LogP contribution in [0.25, 0.3) is 0 Å². The number of nitrogens with one attached hydrogen (secondary N) is 1. The molecule has 0 unspecified atom stereocenters. The highest BCUT2D eigenvalue weighted by Gasteiger charge is 2.64. The SMILES string of the molecule is CN(C)C(=O)[C@@H](Cc1ccccc1)NC(=O)[C@@H]1C[C@@H]2O[C@H]1[C@H]1C[C@H]12. The molecule has 24 heavy (non-hydrogen) atoms. The van der Waals surface area contributed by atoms with Gasteiger partial charge in [0.1, 0.15) is 6.04 Å². The zero-order valence-corrected chi connectivity index (χ0v) is 14.1. The minimum absolute atomic E-state index is 0.0241. The van der Waals surface area contributed by atoms with Crippen molar-refractivity contribution >= 4 is 11.8 Å². The van der Waals surface area contributed by atoms with E-state index in [0.29, 0.717) is 18.3 Å². The predicted octanol–water partition coefficient (Wildman–Crippen LogP) is 1.23. The topological polar surface area (TPSA) is 58.6 Å². The number of benzene rings is 1. The van der Waals surface area contributed by atoms with Gasteiger partial charge in [-0.15, -0.1) is 0 Å². The van der Waals surface area contributed by atoms with Crippen LogP contribution in [0.1, 0.15) is 18.4 Å². The van der Waals surface area contributed by atoms with Gasteiger partial charge in [-0.3, -0.25) is 9.59 Å². The molecule has 5 heteroatoms. The zero-order chi connectivity index (χ0) is 16.8. The molecule has 3 fully saturated rings. The Bertz CT molecular complexity index is 645. The highest BCUT2D eigenvalue weighted by atomic mass is 16.5. The van der Waals surface area contributed by atoms with Gasteiger partial charge in [-0.1, -0.05) is 30.3 Å². The van der Waals surface area contributed by atoms with Gasteiger partial charge >= 0.3 is 0 Å². The van der Waals surface area contributed by atoms with Crippen molar-refractivity contribution in [2.45, 2.75) is 37.5 Å². The molecule has 2 bridgehead atoms. The minimum Gasteiger partial charge on any atom is -0.374 e. The molecule has 1 aromatic rings. The highest BCUT2D eigenvalue weighted by Crippen LogP contribution is 2.60. The lowest BCUT2D eigenvalue weighted by atomic mass is 9.88. The standard InChI is InChI=1S/C19H24N2O3/c1-21(2)19(23)15(8-11-6-4-3-5-7-11)20-18(22)14-10-16-12-9-13(12)17(14)24-16/h3-7,12-17H,8-10H2,1-2H3,(H,20,22)/t12-,13+,14-,15-,16+,17+/m1/s1. The first-order valence-electron chi connectivity index (χ1n) is 8.75. The summed E-state index contributed by atoms with van der Waals surface area (Å²) in [4.78, 5) is 26.8. The van der Waals surface area contributed by atoms with Gasteiger partial charge in [0.15, 0.2) is 0 Å². The second kappa shape index (κ2) is 5.88. The average molecular weight is 328 g/mol. The number of nitrogens with zero attached hydrogens (tertiary/aromatic N) is 1. The molecule has 6 atom stereocenters. The van der Waals surface area contributed by atoms with Crippen LogP contribution < -0.4 is 5.32 Å². The molecule has 3 aliphatic rings. The van der Waals surface area contributed by atoms with Crippen LogP contribution in [0.5, 0.6) is 0 Å². The molecule has 2 saturated heterocycles. The molecular weight excluding hydrogens is 304 g/mol. The summed E-state index contributed by atoms with van der Waals surface area (Å²) in [5.74, 6) is 1.09. The van der Waals surface area contributed by atoms with Crippen molar-refractivity contribution in [3.05, 3.63) is 35.9 Å². The van der Waals surface area contributed by atoms with Crippen LogP contribution in [0.15, 0.2) is 30.3 Å². The lowest BCUT2D eigenvalue weighted by molar-refractivity contribution is -0.136. The minimum atomic E-state index is -0.524. The molecule has 1 N–H and O–H groups in total. The molecule has 1 aromatic carbocycles. The highest BCUT2D eigenvalue weighted by molar-refractivity contribution is 5.89. The van der Waals surface area contributed by atoms with Gasteiger partial charge in [0.05, 0.1) is 18.1 Å². The molecular formula is C19H24N2O3. The summed E-state index contributed by atoms with van der Waals surface area (Å²) in [6.45, 7) is 0. The number of carbonyl (C=O) groups is 2. The molecule has 128 valence electrons. The maximum absolute atomic E-state index is 12.8. The molecule has 1 aliphatic carbocycles. The maximum atomic E-state index is 12.8. The van der Waals surface area contributed by atoms with Crippen LogP contribution in [0.4, 0.5) is 0 Å². The fraction of sp³-hybridized carbons (Fsp3) is 0.579. The van der Waals surface area contributed by atoms with E-state index >= 15 is 0 Å². The quantitative estimate of drug-likeness (QED) is 0.884. The fourth-order valence-electron chi connectivity index (χ4n) is 4.35. The van der Waals surface area contributed by atoms with Gasteiger partial charge in [-0.2, -0.15) is 0 Å². The summed E-state index contributed by atoms with van der Waals surface area (Å²) in [6, 6.07) is 9.29. The normalized spacial score (nSPS) is 33.7. The van der Waals surface area contributed by atoms with E-state index in [4.69, 9.17) is 4.74 Å². The number of likely N-dealkylation sites (N-methyl/N-ethyl adjacent to an activating group) is 1. The molecule has 4 rings (SSSR count). The monoisotopic (exact) mass is 328 g/mol. The Balaban J connectivity index is 1.45. The molecule has 2 heterocycles. The van der Waals surface area contributed by atoms with Gasteiger partial charge in [0.2, 0.25) is 11.8 Å². The van der Waals surface area contributed by atoms with E-state index in [2.05, 4.69) is 5.32 Å². The number of rotatable bonds is 5. The van der Waals surface area contributed by atoms with Crippen LogP contribution in [-0.4, -0.2) is 49.1 Å². The third kappa shape index (κ3) is 2.71. The van der Waals surface area contributed by atoms with Gasteiger partial charge < -0.3 is 15.0 Å². The Morgan fingerprint density at radius 1 is 1.21 bits per heavy atom. The van der Waals surface area contributed by atoms with Gasteiger partial charge in [0.25, 0.3) is 0 Å². The second-order valence-corrected chi connectivity index (χ2v) is 7.53. The number of hydrogen-bond acceptors (Lipinski definition) is 3. The van der Waals surface area contributed by atoms with Crippen molar-refractivity contribution in [1.82, 2.24) is 10.2 Å². The lowest BCUT2D eigenvalue weighted by Crippen LogP contribution is -2.50. The largest absolute Gasteiger partial charge is 0.374 e. The number of carbonyl (C=O) groups excluding carboxylic acids is 2. The van der Waals surface area contributed by atoms with E-state index in [9.17, 15) is 9.59 Å². The van der Waals surface area contributed by atoms with E-state index in [-0.39, 0.29) is 29.9 Å². The Hall–Kier alpha value is -1.88. The maximum Gasteiger partial charge on any atom is 0.244 e. The van der Waals surface area contributed by atoms with Crippen LogP contribution in [0, 0.1) is 17.8 Å². The summed E-state index contributed by atoms with van der Waals surface area (Å²) >= 11 is 0. The molecule has 5 nitrogen and oxygen atoms in total. The molecule has 0 radical (unpaired) electrons. The number of amides is 2. The van der Waals surface area contributed by atoms with E-state index in [1.165, 1.54) is 6.42 Å². The van der Waals surface area contributed by atoms with Crippen LogP contribution in [-0.2, 0) is 20.7 Å². The first-order chi connectivity index (χ1) is 11.5. The van der Waals surface area contributed by atoms with Gasteiger partial charge in [0, 0.05) is 20.5 Å². The molecule has 0 aromatic heterocycles. The van der Waals surface area contributed by atoms with E-state index < -0.39 is 6.04 Å². The Morgan fingerprint density at radius 2 is 1.96 bits per heavy atom. The van der Waals surface area contributed by atoms with E-state index in [1.807, 2.05) is 30.3 Å². The number of hydrogen-bond donors (Lipinski definition) is 1. The molecule has 2 aliphatic heterocycles. The Morgan fingerprint density at radius 3 is 2.58 bits per heavy atom. The van der Waals surface area contributed by atoms with Crippen molar-refractivity contribution in [2.24, 2.45) is 17.8 Å². The third-order valence-electron chi connectivity index (χ3n) is 5.68. The smallest absolute Gasteiger partial charge is 0.244 e. The summed E-state index contributed by atoms with van der Waals surface area (Å²) < 4.78 is 5.92. The summed E-state index contributed by atoms with van der Waals surface area (Å²) in [5.41, 5.74) is 1.05. The van der Waals surface area contributed by atoms with Gasteiger partial charge in [-0.25, -0.2) is 0 Å².